The van der Waals surface area contributed by atoms with E-state index in [1.54, 1.807) is 11.8 Å². The molecule has 1 spiro atoms. The molecule has 0 bridgehead atoms. The van der Waals surface area contributed by atoms with Crippen LogP contribution in [0.5, 0.6) is 0 Å². The number of benzene rings is 1. The van der Waals surface area contributed by atoms with Crippen LogP contribution in [0.3, 0.4) is 0 Å². The van der Waals surface area contributed by atoms with Gasteiger partial charge in [0.1, 0.15) is 59.9 Å². The van der Waals surface area contributed by atoms with Crippen molar-refractivity contribution >= 4 is 82.5 Å². The predicted molar refractivity (Wildman–Crippen MR) is 366 cm³/mol. The number of ether oxygens (including phenoxy) is 1. The number of aryl methyl sites for hydroxylation is 1. The van der Waals surface area contributed by atoms with Gasteiger partial charge in [-0.15, -0.1) is 0 Å². The van der Waals surface area contributed by atoms with E-state index in [0.29, 0.717) is 70.9 Å². The van der Waals surface area contributed by atoms with Crippen molar-refractivity contribution in [1.29, 1.82) is 0 Å². The molecule has 0 unspecified atom stereocenters. The molecular formula is C71H108ClF3N12O13. The lowest BCUT2D eigenvalue weighted by atomic mass is 9.90. The first-order valence-corrected chi connectivity index (χ1v) is 36.4. The largest absolute Gasteiger partial charge is 0.417 e. The number of piperidine rings is 1. The van der Waals surface area contributed by atoms with Gasteiger partial charge in [0, 0.05) is 75.1 Å². The van der Waals surface area contributed by atoms with Gasteiger partial charge < -0.3 is 64.8 Å². The van der Waals surface area contributed by atoms with Crippen LogP contribution in [0.2, 0.25) is 5.02 Å². The summed E-state index contributed by atoms with van der Waals surface area (Å²) in [6.07, 6.45) is 2.24. The molecule has 1 aromatic rings. The fourth-order valence-electron chi connectivity index (χ4n) is 15.1. The highest BCUT2D eigenvalue weighted by Gasteiger charge is 2.52. The zero-order valence-electron chi connectivity index (χ0n) is 60.6. The fourth-order valence-corrected chi connectivity index (χ4v) is 15.4. The summed E-state index contributed by atoms with van der Waals surface area (Å²) < 4.78 is 47.4. The van der Waals surface area contributed by atoms with Crippen molar-refractivity contribution in [2.45, 2.75) is 236 Å². The van der Waals surface area contributed by atoms with Crippen molar-refractivity contribution in [3.8, 4) is 0 Å². The summed E-state index contributed by atoms with van der Waals surface area (Å²) in [6, 6.07) is -8.14. The van der Waals surface area contributed by atoms with Crippen LogP contribution in [0.4, 0.5) is 13.2 Å². The van der Waals surface area contributed by atoms with Gasteiger partial charge in [-0.25, -0.2) is 0 Å². The second-order valence-corrected chi connectivity index (χ2v) is 29.5. The molecule has 10 atom stereocenters. The van der Waals surface area contributed by atoms with E-state index in [0.717, 1.165) is 41.2 Å². The highest BCUT2D eigenvalue weighted by molar-refractivity contribution is 6.31. The van der Waals surface area contributed by atoms with Gasteiger partial charge in [0.25, 0.3) is 0 Å². The Morgan fingerprint density at radius 2 is 1.32 bits per heavy atom. The summed E-state index contributed by atoms with van der Waals surface area (Å²) in [5.41, 5.74) is -2.37. The van der Waals surface area contributed by atoms with E-state index in [-0.39, 0.29) is 82.7 Å². The van der Waals surface area contributed by atoms with Crippen LogP contribution in [-0.2, 0) is 74.9 Å². The Morgan fingerprint density at radius 3 is 1.91 bits per heavy atom. The first-order valence-electron chi connectivity index (χ1n) is 36.0. The number of likely N-dealkylation sites (tertiary alicyclic amines) is 1. The minimum Gasteiger partial charge on any atom is -0.379 e. The molecule has 558 valence electrons. The van der Waals surface area contributed by atoms with Crippen LogP contribution in [0.25, 0.3) is 0 Å². The lowest BCUT2D eigenvalue weighted by molar-refractivity contribution is -0.161. The number of alkyl halides is 3. The maximum atomic E-state index is 15.7. The van der Waals surface area contributed by atoms with Crippen molar-refractivity contribution in [2.75, 3.05) is 88.2 Å². The number of nitrogens with zero attached hydrogens (tertiary/aromatic N) is 9. The van der Waals surface area contributed by atoms with Crippen LogP contribution in [0.15, 0.2) is 18.2 Å². The van der Waals surface area contributed by atoms with E-state index in [1.165, 1.54) is 84.7 Å². The van der Waals surface area contributed by atoms with E-state index in [9.17, 15) is 41.9 Å². The van der Waals surface area contributed by atoms with E-state index >= 15 is 28.8 Å². The van der Waals surface area contributed by atoms with Crippen molar-refractivity contribution in [1.82, 2.24) is 60.0 Å². The predicted octanol–water partition coefficient (Wildman–Crippen LogP) is 5.02. The summed E-state index contributed by atoms with van der Waals surface area (Å²) >= 11 is 6.14. The maximum Gasteiger partial charge on any atom is 0.417 e. The molecular weight excluding hydrogens is 1320 g/mol. The van der Waals surface area contributed by atoms with Gasteiger partial charge in [-0.1, -0.05) is 84.4 Å². The Kier molecular flexibility index (Phi) is 28.2. The highest BCUT2D eigenvalue weighted by Crippen LogP contribution is 2.39. The molecule has 4 saturated heterocycles. The fraction of sp³-hybridized carbons (Fsp3) is 0.746. The van der Waals surface area contributed by atoms with Crippen LogP contribution in [0, 0.1) is 17.8 Å². The monoisotopic (exact) mass is 1430 g/mol. The van der Waals surface area contributed by atoms with Gasteiger partial charge in [-0.2, -0.15) is 13.2 Å². The number of amides is 12. The number of nitrogens with one attached hydrogen (secondary N) is 3. The molecule has 4 aliphatic heterocycles. The number of likely N-dealkylation sites (N-methyl/N-ethyl adjacent to an activating group) is 6. The number of hydrogen-bond acceptors (Lipinski definition) is 13. The van der Waals surface area contributed by atoms with Gasteiger partial charge in [0.05, 0.1) is 30.2 Å². The van der Waals surface area contributed by atoms with Crippen LogP contribution in [-0.4, -0.2) is 263 Å². The smallest absolute Gasteiger partial charge is 0.379 e. The van der Waals surface area contributed by atoms with Gasteiger partial charge >= 0.3 is 6.18 Å². The summed E-state index contributed by atoms with van der Waals surface area (Å²) in [6.45, 7) is 10.7. The molecule has 3 N–H and O–H groups in total. The molecule has 2 aliphatic carbocycles. The lowest BCUT2D eigenvalue weighted by Crippen LogP contribution is -2.65. The zero-order chi connectivity index (χ0) is 73.8. The molecule has 29 heteroatoms. The lowest BCUT2D eigenvalue weighted by Gasteiger charge is -2.45. The minimum absolute atomic E-state index is 0.0245. The second-order valence-electron chi connectivity index (χ2n) is 29.1. The molecule has 100 heavy (non-hydrogen) atoms. The molecule has 1 aromatic carbocycles. The summed E-state index contributed by atoms with van der Waals surface area (Å²) in [5.74, 6) is -8.95. The average Bonchev–Trinajstić information content (AvgIpc) is 1.38. The Balaban J connectivity index is 1.29. The van der Waals surface area contributed by atoms with Crippen molar-refractivity contribution in [2.24, 2.45) is 17.8 Å². The number of carbonyl (C=O) groups is 12. The molecule has 6 fully saturated rings. The Morgan fingerprint density at radius 1 is 0.670 bits per heavy atom. The number of rotatable bonds is 13. The van der Waals surface area contributed by atoms with E-state index in [1.807, 2.05) is 27.7 Å². The molecule has 12 amide bonds. The van der Waals surface area contributed by atoms with Gasteiger partial charge in [-0.05, 0) is 132 Å². The SMILES string of the molecule is CCCOC[C@H]1C(=O)N(C)CC(=O)N[C@@H](CCc2ccc(C(F)(F)F)c(Cl)c2)C(=O)N2CCC[C@H]2C(=O)NC2(CCCC2)C(=O)N(C)[C@@H](C2CCCC2)C(=O)N(C)[C@H](C(=O)N2CCCCC2)CC(=O)N(C)[C@@H](CC(C)C)C(=O)N[C@@H]([C@@H](C)CC)C(=O)N(C)[C@@H](C)C(=O)N2CC[C@H]2C(=O)N1C. The normalized spacial score (nSPS) is 27.6. The third kappa shape index (κ3) is 18.8. The number of hydrogen-bond donors (Lipinski definition) is 3. The maximum absolute atomic E-state index is 15.7. The van der Waals surface area contributed by atoms with E-state index < -0.39 is 172 Å². The third-order valence-electron chi connectivity index (χ3n) is 21.7. The second kappa shape index (κ2) is 35.2. The summed E-state index contributed by atoms with van der Waals surface area (Å²) in [4.78, 5) is 191. The number of fused-ring (bicyclic) bond motifs is 2. The number of carbonyl (C=O) groups excluding carboxylic acids is 12. The molecule has 2 saturated carbocycles. The first kappa shape index (κ1) is 80.2. The van der Waals surface area contributed by atoms with Crippen molar-refractivity contribution < 1.29 is 75.4 Å². The van der Waals surface area contributed by atoms with Gasteiger partial charge in [-0.3, -0.25) is 57.5 Å². The summed E-state index contributed by atoms with van der Waals surface area (Å²) in [5, 5.41) is 8.13. The Labute approximate surface area is 591 Å². The number of halogens is 4. The first-order chi connectivity index (χ1) is 47.2. The molecule has 4 heterocycles. The standard InChI is InChI=1S/C71H108ClF3N12O13/c1-13-37-100-42-55-64(94)79(7)41-56(88)76-50(29-27-46-26-28-48(49(72)39-46)71(73,74)75)63(93)86-35-22-25-51(86)61(91)78-70(31-18-19-32-70)69(99)84(12)59(47-23-16-17-24-47)68(98)82(10)54(66(96)85-33-20-15-21-34-85)40-57(89)81(9)53(38-43(3)4)60(90)77-58(44(5)14-2)67(97)80(8)45(6)62(92)87-36-30-52(87)65(95)83(55)11/h26,28,39,43-45,47,50-55,58-59H,13-25,27,29-38,40-42H2,1-12H3,(H,76,88)(H,77,90)(H,78,91)/t44-,45-,50-,51-,52-,53-,54-,55-,58-,59-/m0/s1. The topological polar surface area (TPSA) is 279 Å². The quantitative estimate of drug-likeness (QED) is 0.219. The molecule has 6 aliphatic rings. The highest BCUT2D eigenvalue weighted by atomic mass is 35.5. The van der Waals surface area contributed by atoms with Crippen LogP contribution < -0.4 is 16.0 Å². The van der Waals surface area contributed by atoms with Gasteiger partial charge in [0.2, 0.25) is 70.9 Å². The third-order valence-corrected chi connectivity index (χ3v) is 22.0. The van der Waals surface area contributed by atoms with E-state index in [2.05, 4.69) is 16.0 Å². The van der Waals surface area contributed by atoms with Crippen molar-refractivity contribution in [3.63, 3.8) is 0 Å². The average molecular weight is 1430 g/mol. The molecule has 0 radical (unpaired) electrons. The summed E-state index contributed by atoms with van der Waals surface area (Å²) in [7, 11) is 8.50. The van der Waals surface area contributed by atoms with E-state index in [4.69, 9.17) is 16.3 Å². The molecule has 7 rings (SSSR count). The van der Waals surface area contributed by atoms with Gasteiger partial charge in [0.15, 0.2) is 0 Å². The molecule has 25 nitrogen and oxygen atoms in total. The van der Waals surface area contributed by atoms with Crippen LogP contribution >= 0.6 is 11.6 Å². The van der Waals surface area contributed by atoms with Crippen molar-refractivity contribution in [3.05, 3.63) is 34.3 Å². The Bertz CT molecular complexity index is 3140. The van der Waals surface area contributed by atoms with Crippen LogP contribution in [0.1, 0.15) is 175 Å². The Hall–Kier alpha value is -7.10. The molecule has 0 aromatic heterocycles. The minimum atomic E-state index is -4.77. The zero-order valence-corrected chi connectivity index (χ0v) is 61.4.